The molecule has 146 valence electrons. The third kappa shape index (κ3) is 5.97. The predicted molar refractivity (Wildman–Crippen MR) is 112 cm³/mol. The molecule has 1 N–H and O–H groups in total. The third-order valence-electron chi connectivity index (χ3n) is 3.76. The molecule has 0 aliphatic rings. The number of anilines is 1. The van der Waals surface area contributed by atoms with Gasteiger partial charge in [0.25, 0.3) is 0 Å². The van der Waals surface area contributed by atoms with Gasteiger partial charge < -0.3 is 5.32 Å². The molecule has 0 bridgehead atoms. The molecule has 1 heterocycles. The molecule has 1 aromatic heterocycles. The second kappa shape index (κ2) is 10.1. The standard InChI is InChI=1S/C18H23N3O3S3/c1-4-21(5-2)27(23,24)16-9-10-18(19-12-16)26-13-17(22)20-14-7-6-8-15(11-14)25-3/h6-12H,4-5,13H2,1-3H3,(H,20,22). The van der Waals surface area contributed by atoms with Crippen molar-refractivity contribution in [2.45, 2.75) is 28.7 Å². The summed E-state index contributed by atoms with van der Waals surface area (Å²) < 4.78 is 26.3. The fraction of sp³-hybridized carbons (Fsp3) is 0.333. The smallest absolute Gasteiger partial charge is 0.244 e. The Morgan fingerprint density at radius 2 is 1.93 bits per heavy atom. The Kier molecular flexibility index (Phi) is 8.15. The summed E-state index contributed by atoms with van der Waals surface area (Å²) in [6.07, 6.45) is 3.32. The maximum absolute atomic E-state index is 12.4. The maximum atomic E-state index is 12.4. The first-order valence-electron chi connectivity index (χ1n) is 8.43. The molecule has 0 fully saturated rings. The van der Waals surface area contributed by atoms with Crippen LogP contribution in [-0.4, -0.2) is 48.7 Å². The minimum atomic E-state index is -3.52. The van der Waals surface area contributed by atoms with Crippen molar-refractivity contribution in [3.63, 3.8) is 0 Å². The fourth-order valence-electron chi connectivity index (χ4n) is 2.35. The van der Waals surface area contributed by atoms with E-state index in [4.69, 9.17) is 0 Å². The first-order valence-corrected chi connectivity index (χ1v) is 12.1. The van der Waals surface area contributed by atoms with Crippen molar-refractivity contribution in [1.82, 2.24) is 9.29 Å². The zero-order valence-electron chi connectivity index (χ0n) is 15.5. The first kappa shape index (κ1) is 21.7. The molecule has 9 heteroatoms. The quantitative estimate of drug-likeness (QED) is 0.619. The van der Waals surface area contributed by atoms with E-state index in [1.54, 1.807) is 31.7 Å². The van der Waals surface area contributed by atoms with Crippen molar-refractivity contribution in [2.75, 3.05) is 30.4 Å². The van der Waals surface area contributed by atoms with Crippen LogP contribution in [0, 0.1) is 0 Å². The molecular weight excluding hydrogens is 402 g/mol. The number of nitrogens with one attached hydrogen (secondary N) is 1. The molecule has 0 unspecified atom stereocenters. The molecule has 2 aromatic rings. The van der Waals surface area contributed by atoms with Crippen LogP contribution in [0.5, 0.6) is 0 Å². The summed E-state index contributed by atoms with van der Waals surface area (Å²) >= 11 is 2.87. The average molecular weight is 426 g/mol. The number of rotatable bonds is 9. The highest BCUT2D eigenvalue weighted by atomic mass is 32.2. The van der Waals surface area contributed by atoms with Crippen molar-refractivity contribution in [3.05, 3.63) is 42.6 Å². The van der Waals surface area contributed by atoms with E-state index >= 15 is 0 Å². The summed E-state index contributed by atoms with van der Waals surface area (Å²) in [5.74, 6) is 0.0541. The fourth-order valence-corrected chi connectivity index (χ4v) is 4.86. The van der Waals surface area contributed by atoms with Gasteiger partial charge >= 0.3 is 0 Å². The van der Waals surface area contributed by atoms with Crippen molar-refractivity contribution < 1.29 is 13.2 Å². The average Bonchev–Trinajstić information content (AvgIpc) is 2.67. The Bertz CT molecular complexity index is 867. The second-order valence-corrected chi connectivity index (χ2v) is 9.30. The van der Waals surface area contributed by atoms with Gasteiger partial charge in [0, 0.05) is 29.9 Å². The van der Waals surface area contributed by atoms with Crippen molar-refractivity contribution in [3.8, 4) is 0 Å². The predicted octanol–water partition coefficient (Wildman–Crippen LogP) is 3.56. The van der Waals surface area contributed by atoms with Gasteiger partial charge in [-0.05, 0) is 36.6 Å². The van der Waals surface area contributed by atoms with Crippen molar-refractivity contribution >= 4 is 45.1 Å². The van der Waals surface area contributed by atoms with Crippen LogP contribution >= 0.6 is 23.5 Å². The Balaban J connectivity index is 1.95. The summed E-state index contributed by atoms with van der Waals surface area (Å²) in [5.41, 5.74) is 0.751. The van der Waals surface area contributed by atoms with Gasteiger partial charge in [0.2, 0.25) is 15.9 Å². The van der Waals surface area contributed by atoms with E-state index in [0.29, 0.717) is 18.1 Å². The van der Waals surface area contributed by atoms with E-state index in [-0.39, 0.29) is 16.6 Å². The molecule has 0 atom stereocenters. The molecule has 0 spiro atoms. The van der Waals surface area contributed by atoms with E-state index in [1.807, 2.05) is 30.5 Å². The molecule has 27 heavy (non-hydrogen) atoms. The number of hydrogen-bond donors (Lipinski definition) is 1. The summed E-state index contributed by atoms with van der Waals surface area (Å²) in [4.78, 5) is 17.5. The summed E-state index contributed by atoms with van der Waals surface area (Å²) in [5, 5.41) is 3.45. The van der Waals surface area contributed by atoms with E-state index < -0.39 is 10.0 Å². The van der Waals surface area contributed by atoms with Crippen molar-refractivity contribution in [2.24, 2.45) is 0 Å². The lowest BCUT2D eigenvalue weighted by Gasteiger charge is -2.18. The molecular formula is C18H23N3O3S3. The summed E-state index contributed by atoms with van der Waals surface area (Å²) in [6.45, 7) is 4.42. The van der Waals surface area contributed by atoms with Crippen LogP contribution in [0.4, 0.5) is 5.69 Å². The van der Waals surface area contributed by atoms with Crippen LogP contribution in [0.15, 0.2) is 57.4 Å². The number of aromatic nitrogens is 1. The minimum absolute atomic E-state index is 0.139. The van der Waals surface area contributed by atoms with Crippen LogP contribution in [0.2, 0.25) is 0 Å². The Morgan fingerprint density at radius 3 is 2.52 bits per heavy atom. The van der Waals surface area contributed by atoms with Gasteiger partial charge in [-0.3, -0.25) is 4.79 Å². The lowest BCUT2D eigenvalue weighted by molar-refractivity contribution is -0.113. The zero-order valence-corrected chi connectivity index (χ0v) is 18.0. The van der Waals surface area contributed by atoms with Gasteiger partial charge in [-0.1, -0.05) is 31.7 Å². The number of pyridine rings is 1. The normalized spacial score (nSPS) is 11.6. The van der Waals surface area contributed by atoms with Crippen molar-refractivity contribution in [1.29, 1.82) is 0 Å². The first-order chi connectivity index (χ1) is 12.9. The molecule has 1 aromatic carbocycles. The topological polar surface area (TPSA) is 79.4 Å². The number of carbonyl (C=O) groups excluding carboxylic acids is 1. The summed E-state index contributed by atoms with van der Waals surface area (Å²) in [7, 11) is -3.52. The minimum Gasteiger partial charge on any atom is -0.325 e. The molecule has 1 amide bonds. The number of carbonyl (C=O) groups is 1. The molecule has 2 rings (SSSR count). The van der Waals surface area contributed by atoms with E-state index in [0.717, 1.165) is 10.6 Å². The number of nitrogens with zero attached hydrogens (tertiary/aromatic N) is 2. The SMILES string of the molecule is CCN(CC)S(=O)(=O)c1ccc(SCC(=O)Nc2cccc(SC)c2)nc1. The van der Waals surface area contributed by atoms with Gasteiger partial charge in [0.15, 0.2) is 0 Å². The number of sulfonamides is 1. The highest BCUT2D eigenvalue weighted by molar-refractivity contribution is 8.00. The van der Waals surface area contributed by atoms with Crippen LogP contribution < -0.4 is 5.32 Å². The lowest BCUT2D eigenvalue weighted by atomic mass is 10.3. The molecule has 0 saturated heterocycles. The maximum Gasteiger partial charge on any atom is 0.244 e. The van der Waals surface area contributed by atoms with Crippen LogP contribution in [0.25, 0.3) is 0 Å². The highest BCUT2D eigenvalue weighted by Gasteiger charge is 2.21. The number of amides is 1. The van der Waals surface area contributed by atoms with Crippen LogP contribution in [0.3, 0.4) is 0 Å². The molecule has 0 aliphatic carbocycles. The zero-order chi connectivity index (χ0) is 19.9. The van der Waals surface area contributed by atoms with Gasteiger partial charge in [-0.2, -0.15) is 4.31 Å². The molecule has 0 radical (unpaired) electrons. The Morgan fingerprint density at radius 1 is 1.19 bits per heavy atom. The number of hydrogen-bond acceptors (Lipinski definition) is 6. The molecule has 0 aliphatic heterocycles. The van der Waals surface area contributed by atoms with Crippen LogP contribution in [0.1, 0.15) is 13.8 Å². The van der Waals surface area contributed by atoms with Gasteiger partial charge in [0.05, 0.1) is 10.8 Å². The van der Waals surface area contributed by atoms with Gasteiger partial charge in [-0.25, -0.2) is 13.4 Å². The lowest BCUT2D eigenvalue weighted by Crippen LogP contribution is -2.30. The van der Waals surface area contributed by atoms with E-state index in [2.05, 4.69) is 10.3 Å². The number of thioether (sulfide) groups is 2. The van der Waals surface area contributed by atoms with E-state index in [1.165, 1.54) is 28.3 Å². The van der Waals surface area contributed by atoms with E-state index in [9.17, 15) is 13.2 Å². The summed E-state index contributed by atoms with van der Waals surface area (Å²) in [6, 6.07) is 10.8. The number of benzene rings is 1. The third-order valence-corrected chi connectivity index (χ3v) is 7.46. The molecule has 0 saturated carbocycles. The van der Waals surface area contributed by atoms with Gasteiger partial charge in [-0.15, -0.1) is 11.8 Å². The second-order valence-electron chi connectivity index (χ2n) is 5.49. The monoisotopic (exact) mass is 425 g/mol. The van der Waals surface area contributed by atoms with Gasteiger partial charge in [0.1, 0.15) is 4.90 Å². The van der Waals surface area contributed by atoms with Crippen LogP contribution in [-0.2, 0) is 14.8 Å². The Hall–Kier alpha value is -1.55. The molecule has 6 nitrogen and oxygen atoms in total. The Labute approximate surface area is 169 Å². The largest absolute Gasteiger partial charge is 0.325 e. The highest BCUT2D eigenvalue weighted by Crippen LogP contribution is 2.21.